The molecule has 0 saturated carbocycles. The van der Waals surface area contributed by atoms with E-state index in [9.17, 15) is 0 Å². The van der Waals surface area contributed by atoms with Crippen LogP contribution in [0.2, 0.25) is 0 Å². The molecule has 60 valence electrons. The Morgan fingerprint density at radius 1 is 1.27 bits per heavy atom. The van der Waals surface area contributed by atoms with Gasteiger partial charge in [-0.2, -0.15) is 12.6 Å². The van der Waals surface area contributed by atoms with E-state index in [1.54, 1.807) is 0 Å². The van der Waals surface area contributed by atoms with Crippen molar-refractivity contribution in [3.8, 4) is 0 Å². The molecule has 0 atom stereocenters. The maximum absolute atomic E-state index is 4.21. The van der Waals surface area contributed by atoms with E-state index in [-0.39, 0.29) is 0 Å². The fraction of sp³-hybridized carbons (Fsp3) is 0.400. The zero-order chi connectivity index (χ0) is 8.27. The second kappa shape index (κ2) is 3.82. The van der Waals surface area contributed by atoms with Crippen LogP contribution in [0, 0.1) is 13.8 Å². The van der Waals surface area contributed by atoms with Gasteiger partial charge in [0, 0.05) is 0 Å². The predicted molar refractivity (Wildman–Crippen MR) is 53.5 cm³/mol. The summed E-state index contributed by atoms with van der Waals surface area (Å²) < 4.78 is 0. The van der Waals surface area contributed by atoms with Crippen molar-refractivity contribution in [2.75, 3.05) is 5.75 Å². The van der Waals surface area contributed by atoms with E-state index in [2.05, 4.69) is 44.7 Å². The van der Waals surface area contributed by atoms with Crippen molar-refractivity contribution in [2.45, 2.75) is 20.3 Å². The molecule has 0 nitrogen and oxygen atoms in total. The third-order valence-electron chi connectivity index (χ3n) is 2.10. The van der Waals surface area contributed by atoms with E-state index in [1.165, 1.54) is 16.7 Å². The molecule has 0 aromatic heterocycles. The lowest BCUT2D eigenvalue weighted by Crippen LogP contribution is -1.92. The first-order chi connectivity index (χ1) is 5.25. The zero-order valence-corrected chi connectivity index (χ0v) is 7.99. The summed E-state index contributed by atoms with van der Waals surface area (Å²) in [5.74, 6) is 0.935. The molecule has 0 amide bonds. The minimum absolute atomic E-state index is 0.935. The summed E-state index contributed by atoms with van der Waals surface area (Å²) in [4.78, 5) is 0. The van der Waals surface area contributed by atoms with Gasteiger partial charge < -0.3 is 0 Å². The molecule has 1 aromatic carbocycles. The van der Waals surface area contributed by atoms with Crippen molar-refractivity contribution in [3.05, 3.63) is 34.9 Å². The summed E-state index contributed by atoms with van der Waals surface area (Å²) in [6.07, 6.45) is 1.08. The molecule has 0 fully saturated rings. The van der Waals surface area contributed by atoms with Crippen LogP contribution in [0.15, 0.2) is 18.2 Å². The van der Waals surface area contributed by atoms with Gasteiger partial charge in [-0.05, 0) is 42.7 Å². The van der Waals surface area contributed by atoms with Gasteiger partial charge in [-0.1, -0.05) is 18.2 Å². The van der Waals surface area contributed by atoms with Gasteiger partial charge in [0.05, 0.1) is 0 Å². The van der Waals surface area contributed by atoms with Crippen LogP contribution in [-0.2, 0) is 6.42 Å². The minimum Gasteiger partial charge on any atom is -0.179 e. The van der Waals surface area contributed by atoms with Crippen LogP contribution in [-0.4, -0.2) is 5.75 Å². The molecule has 1 rings (SSSR count). The van der Waals surface area contributed by atoms with Crippen molar-refractivity contribution >= 4 is 12.6 Å². The maximum Gasteiger partial charge on any atom is -0.00573 e. The van der Waals surface area contributed by atoms with Crippen molar-refractivity contribution in [1.82, 2.24) is 0 Å². The summed E-state index contributed by atoms with van der Waals surface area (Å²) in [5.41, 5.74) is 4.23. The lowest BCUT2D eigenvalue weighted by Gasteiger charge is -2.05. The van der Waals surface area contributed by atoms with Gasteiger partial charge in [-0.3, -0.25) is 0 Å². The molecule has 0 saturated heterocycles. The average molecular weight is 166 g/mol. The summed E-state index contributed by atoms with van der Waals surface area (Å²) in [6.45, 7) is 4.32. The number of benzene rings is 1. The first-order valence-corrected chi connectivity index (χ1v) is 4.55. The molecule has 0 aliphatic rings. The van der Waals surface area contributed by atoms with Gasteiger partial charge in [-0.15, -0.1) is 0 Å². The SMILES string of the molecule is Cc1cccc(CCS)c1C. The number of aryl methyl sites for hydroxylation is 2. The number of hydrogen-bond acceptors (Lipinski definition) is 1. The van der Waals surface area contributed by atoms with Gasteiger partial charge in [0.2, 0.25) is 0 Å². The molecule has 0 unspecified atom stereocenters. The van der Waals surface area contributed by atoms with Crippen molar-refractivity contribution in [1.29, 1.82) is 0 Å². The monoisotopic (exact) mass is 166 g/mol. The Hall–Kier alpha value is -0.430. The van der Waals surface area contributed by atoms with Gasteiger partial charge in [-0.25, -0.2) is 0 Å². The molecule has 0 N–H and O–H groups in total. The van der Waals surface area contributed by atoms with Crippen LogP contribution >= 0.6 is 12.6 Å². The van der Waals surface area contributed by atoms with Crippen LogP contribution in [0.3, 0.4) is 0 Å². The molecule has 1 heteroatoms. The van der Waals surface area contributed by atoms with Gasteiger partial charge in [0.1, 0.15) is 0 Å². The Morgan fingerprint density at radius 3 is 2.64 bits per heavy atom. The van der Waals surface area contributed by atoms with E-state index >= 15 is 0 Å². The smallest absolute Gasteiger partial charge is 0.00573 e. The average Bonchev–Trinajstić information content (AvgIpc) is 1.99. The maximum atomic E-state index is 4.21. The molecular weight excluding hydrogens is 152 g/mol. The molecule has 11 heavy (non-hydrogen) atoms. The third-order valence-corrected chi connectivity index (χ3v) is 2.32. The first kappa shape index (κ1) is 8.66. The molecule has 0 heterocycles. The Kier molecular flexibility index (Phi) is 3.01. The second-order valence-corrected chi connectivity index (χ2v) is 3.28. The van der Waals surface area contributed by atoms with Crippen LogP contribution in [0.25, 0.3) is 0 Å². The summed E-state index contributed by atoms with van der Waals surface area (Å²) in [7, 11) is 0. The molecule has 1 aromatic rings. The van der Waals surface area contributed by atoms with E-state index in [0.29, 0.717) is 0 Å². The molecular formula is C10H14S. The topological polar surface area (TPSA) is 0 Å². The van der Waals surface area contributed by atoms with Crippen LogP contribution < -0.4 is 0 Å². The standard InChI is InChI=1S/C10H14S/c1-8-4-3-5-10(6-7-11)9(8)2/h3-5,11H,6-7H2,1-2H3. The Morgan fingerprint density at radius 2 is 2.00 bits per heavy atom. The summed E-state index contributed by atoms with van der Waals surface area (Å²) in [5, 5.41) is 0. The quantitative estimate of drug-likeness (QED) is 0.642. The Labute approximate surface area is 74.0 Å². The highest BCUT2D eigenvalue weighted by molar-refractivity contribution is 7.80. The lowest BCUT2D eigenvalue weighted by atomic mass is 10.0. The highest BCUT2D eigenvalue weighted by atomic mass is 32.1. The summed E-state index contributed by atoms with van der Waals surface area (Å²) >= 11 is 4.21. The third kappa shape index (κ3) is 2.00. The fourth-order valence-electron chi connectivity index (χ4n) is 1.20. The number of rotatable bonds is 2. The molecule has 0 radical (unpaired) electrons. The Balaban J connectivity index is 2.96. The molecule has 0 spiro atoms. The summed E-state index contributed by atoms with van der Waals surface area (Å²) in [6, 6.07) is 6.44. The van der Waals surface area contributed by atoms with Crippen molar-refractivity contribution in [3.63, 3.8) is 0 Å². The van der Waals surface area contributed by atoms with E-state index in [1.807, 2.05) is 0 Å². The van der Waals surface area contributed by atoms with Crippen LogP contribution in [0.4, 0.5) is 0 Å². The first-order valence-electron chi connectivity index (χ1n) is 3.91. The van der Waals surface area contributed by atoms with Gasteiger partial charge >= 0.3 is 0 Å². The highest BCUT2D eigenvalue weighted by Gasteiger charge is 1.97. The Bertz CT molecular complexity index is 241. The number of hydrogen-bond donors (Lipinski definition) is 1. The molecule has 0 aliphatic carbocycles. The molecule has 0 aliphatic heterocycles. The lowest BCUT2D eigenvalue weighted by molar-refractivity contribution is 1.11. The largest absolute Gasteiger partial charge is 0.179 e. The zero-order valence-electron chi connectivity index (χ0n) is 7.09. The minimum atomic E-state index is 0.935. The van der Waals surface area contributed by atoms with E-state index in [4.69, 9.17) is 0 Å². The molecule has 0 bridgehead atoms. The van der Waals surface area contributed by atoms with E-state index in [0.717, 1.165) is 12.2 Å². The van der Waals surface area contributed by atoms with Crippen molar-refractivity contribution < 1.29 is 0 Å². The van der Waals surface area contributed by atoms with Crippen LogP contribution in [0.1, 0.15) is 16.7 Å². The second-order valence-electron chi connectivity index (χ2n) is 2.83. The van der Waals surface area contributed by atoms with E-state index < -0.39 is 0 Å². The van der Waals surface area contributed by atoms with Gasteiger partial charge in [0.25, 0.3) is 0 Å². The highest BCUT2D eigenvalue weighted by Crippen LogP contribution is 2.13. The number of thiol groups is 1. The van der Waals surface area contributed by atoms with Gasteiger partial charge in [0.15, 0.2) is 0 Å². The van der Waals surface area contributed by atoms with Crippen LogP contribution in [0.5, 0.6) is 0 Å². The van der Waals surface area contributed by atoms with Crippen molar-refractivity contribution in [2.24, 2.45) is 0 Å². The predicted octanol–water partition coefficient (Wildman–Crippen LogP) is 2.78. The fourth-order valence-corrected chi connectivity index (χ4v) is 1.44. The normalized spacial score (nSPS) is 10.1.